The summed E-state index contributed by atoms with van der Waals surface area (Å²) >= 11 is 0. The molecule has 1 aromatic heterocycles. The van der Waals surface area contributed by atoms with Crippen LogP contribution < -0.4 is 0 Å². The summed E-state index contributed by atoms with van der Waals surface area (Å²) in [7, 11) is 0. The van der Waals surface area contributed by atoms with E-state index in [-0.39, 0.29) is 0 Å². The van der Waals surface area contributed by atoms with Crippen molar-refractivity contribution in [2.24, 2.45) is 0 Å². The molecule has 0 atom stereocenters. The molecule has 1 heterocycles. The van der Waals surface area contributed by atoms with Gasteiger partial charge in [0.25, 0.3) is 0 Å². The van der Waals surface area contributed by atoms with Crippen molar-refractivity contribution >= 4 is 0 Å². The van der Waals surface area contributed by atoms with Crippen LogP contribution in [-0.4, -0.2) is 4.98 Å². The summed E-state index contributed by atoms with van der Waals surface area (Å²) in [4.78, 5) is 4.10. The zero-order valence-corrected chi connectivity index (χ0v) is 8.07. The molecule has 0 aliphatic heterocycles. The fourth-order valence-corrected chi connectivity index (χ4v) is 2.13. The largest absolute Gasteiger partial charge is 0.263 e. The van der Waals surface area contributed by atoms with Gasteiger partial charge in [0.1, 0.15) is 6.07 Å². The Kier molecular flexibility index (Phi) is 1.60. The second-order valence-corrected chi connectivity index (χ2v) is 3.66. The highest BCUT2D eigenvalue weighted by Gasteiger charge is 2.20. The van der Waals surface area contributed by atoms with Crippen molar-refractivity contribution < 1.29 is 0 Å². The summed E-state index contributed by atoms with van der Waals surface area (Å²) < 4.78 is 0. The quantitative estimate of drug-likeness (QED) is 0.548. The molecule has 15 heavy (non-hydrogen) atoms. The second kappa shape index (κ2) is 2.93. The summed E-state index contributed by atoms with van der Waals surface area (Å²) in [6.45, 7) is 0. The highest BCUT2D eigenvalue weighted by atomic mass is 14.6. The molecule has 0 fully saturated rings. The van der Waals surface area contributed by atoms with Crippen molar-refractivity contribution in [1.82, 2.24) is 4.98 Å². The minimum Gasteiger partial charge on any atom is -0.263 e. The van der Waals surface area contributed by atoms with Crippen molar-refractivity contribution in [2.75, 3.05) is 0 Å². The molecule has 0 saturated heterocycles. The molecule has 0 saturated carbocycles. The normalized spacial score (nSPS) is 11.7. The van der Waals surface area contributed by atoms with Crippen LogP contribution >= 0.6 is 0 Å². The molecule has 0 spiro atoms. The van der Waals surface area contributed by atoms with Gasteiger partial charge in [-0.2, -0.15) is 5.26 Å². The average molecular weight is 192 g/mol. The van der Waals surface area contributed by atoms with Crippen LogP contribution in [0.4, 0.5) is 0 Å². The van der Waals surface area contributed by atoms with Gasteiger partial charge in [0, 0.05) is 24.4 Å². The summed E-state index contributed by atoms with van der Waals surface area (Å²) in [6.07, 6.45) is 4.35. The maximum Gasteiger partial charge on any atom is 0.101 e. The molecule has 0 amide bonds. The van der Waals surface area contributed by atoms with Gasteiger partial charge in [-0.25, -0.2) is 0 Å². The van der Waals surface area contributed by atoms with E-state index in [1.54, 1.807) is 6.20 Å². The molecule has 1 aromatic carbocycles. The first-order valence-electron chi connectivity index (χ1n) is 4.85. The lowest BCUT2D eigenvalue weighted by Crippen LogP contribution is -1.88. The van der Waals surface area contributed by atoms with E-state index in [1.165, 1.54) is 11.1 Å². The maximum absolute atomic E-state index is 8.99. The van der Waals surface area contributed by atoms with E-state index in [9.17, 15) is 0 Å². The van der Waals surface area contributed by atoms with Gasteiger partial charge in [-0.15, -0.1) is 0 Å². The first-order chi connectivity index (χ1) is 7.40. The zero-order chi connectivity index (χ0) is 10.3. The van der Waals surface area contributed by atoms with Crippen LogP contribution in [0.1, 0.15) is 16.7 Å². The Morgan fingerprint density at radius 1 is 1.13 bits per heavy atom. The smallest absolute Gasteiger partial charge is 0.101 e. The van der Waals surface area contributed by atoms with E-state index in [0.29, 0.717) is 5.56 Å². The summed E-state index contributed by atoms with van der Waals surface area (Å²) in [6, 6.07) is 10.4. The Balaban J connectivity index is 2.32. The number of fused-ring (bicyclic) bond motifs is 3. The molecule has 3 rings (SSSR count). The van der Waals surface area contributed by atoms with Gasteiger partial charge in [0.05, 0.1) is 5.56 Å². The third-order valence-electron chi connectivity index (χ3n) is 2.85. The van der Waals surface area contributed by atoms with Gasteiger partial charge in [0.2, 0.25) is 0 Å². The predicted molar refractivity (Wildman–Crippen MR) is 57.2 cm³/mol. The van der Waals surface area contributed by atoms with Crippen molar-refractivity contribution in [2.45, 2.75) is 6.42 Å². The Bertz CT molecular complexity index is 579. The Hall–Kier alpha value is -2.14. The number of rotatable bonds is 0. The van der Waals surface area contributed by atoms with Crippen LogP contribution in [-0.2, 0) is 6.42 Å². The first-order valence-corrected chi connectivity index (χ1v) is 4.85. The van der Waals surface area contributed by atoms with Crippen LogP contribution in [0.3, 0.4) is 0 Å². The SMILES string of the molecule is N#Cc1cncc2c1Cc1ccccc1-2. The van der Waals surface area contributed by atoms with Crippen molar-refractivity contribution in [3.05, 3.63) is 53.3 Å². The second-order valence-electron chi connectivity index (χ2n) is 3.66. The molecule has 70 valence electrons. The number of hydrogen-bond donors (Lipinski definition) is 0. The third kappa shape index (κ3) is 1.07. The number of benzene rings is 1. The monoisotopic (exact) mass is 192 g/mol. The van der Waals surface area contributed by atoms with Crippen LogP contribution in [0.25, 0.3) is 11.1 Å². The minimum atomic E-state index is 0.698. The number of hydrogen-bond acceptors (Lipinski definition) is 2. The molecule has 2 heteroatoms. The van der Waals surface area contributed by atoms with Gasteiger partial charge in [-0.1, -0.05) is 24.3 Å². The molecule has 0 bridgehead atoms. The fraction of sp³-hybridized carbons (Fsp3) is 0.0769. The number of pyridine rings is 1. The van der Waals surface area contributed by atoms with Gasteiger partial charge in [-0.05, 0) is 16.7 Å². The number of nitriles is 1. The van der Waals surface area contributed by atoms with Crippen LogP contribution in [0.5, 0.6) is 0 Å². The van der Waals surface area contributed by atoms with E-state index >= 15 is 0 Å². The van der Waals surface area contributed by atoms with E-state index in [0.717, 1.165) is 17.5 Å². The van der Waals surface area contributed by atoms with E-state index in [4.69, 9.17) is 5.26 Å². The standard InChI is InChI=1S/C13H8N2/c14-6-10-7-15-8-13-11-4-2-1-3-9(11)5-12(10)13/h1-4,7-8H,5H2. The average Bonchev–Trinajstić information content (AvgIpc) is 2.67. The highest BCUT2D eigenvalue weighted by molar-refractivity contribution is 5.77. The molecule has 1 aliphatic carbocycles. The minimum absolute atomic E-state index is 0.698. The number of nitrogens with zero attached hydrogens (tertiary/aromatic N) is 2. The van der Waals surface area contributed by atoms with Crippen LogP contribution in [0.2, 0.25) is 0 Å². The van der Waals surface area contributed by atoms with Crippen LogP contribution in [0, 0.1) is 11.3 Å². The molecular formula is C13H8N2. The van der Waals surface area contributed by atoms with Gasteiger partial charge in [0.15, 0.2) is 0 Å². The summed E-state index contributed by atoms with van der Waals surface area (Å²) in [5.41, 5.74) is 5.44. The van der Waals surface area contributed by atoms with Crippen molar-refractivity contribution in [3.8, 4) is 17.2 Å². The van der Waals surface area contributed by atoms with E-state index in [2.05, 4.69) is 23.2 Å². The molecule has 0 radical (unpaired) electrons. The predicted octanol–water partition coefficient (Wildman–Crippen LogP) is 2.52. The van der Waals surface area contributed by atoms with Crippen molar-refractivity contribution in [1.29, 1.82) is 5.26 Å². The molecule has 1 aliphatic rings. The fourth-order valence-electron chi connectivity index (χ4n) is 2.13. The van der Waals surface area contributed by atoms with Gasteiger partial charge < -0.3 is 0 Å². The number of aromatic nitrogens is 1. The van der Waals surface area contributed by atoms with Gasteiger partial charge >= 0.3 is 0 Å². The third-order valence-corrected chi connectivity index (χ3v) is 2.85. The van der Waals surface area contributed by atoms with Crippen LogP contribution in [0.15, 0.2) is 36.7 Å². The Labute approximate surface area is 87.8 Å². The lowest BCUT2D eigenvalue weighted by molar-refractivity contribution is 1.20. The Morgan fingerprint density at radius 2 is 2.00 bits per heavy atom. The Morgan fingerprint density at radius 3 is 2.87 bits per heavy atom. The maximum atomic E-state index is 8.99. The first kappa shape index (κ1) is 8.19. The molecule has 2 nitrogen and oxygen atoms in total. The van der Waals surface area contributed by atoms with E-state index in [1.807, 2.05) is 18.3 Å². The van der Waals surface area contributed by atoms with Gasteiger partial charge in [-0.3, -0.25) is 4.98 Å². The highest BCUT2D eigenvalue weighted by Crippen LogP contribution is 2.36. The molecular weight excluding hydrogens is 184 g/mol. The lowest BCUT2D eigenvalue weighted by Gasteiger charge is -1.99. The molecule has 2 aromatic rings. The summed E-state index contributed by atoms with van der Waals surface area (Å²) in [5.74, 6) is 0. The van der Waals surface area contributed by atoms with Crippen molar-refractivity contribution in [3.63, 3.8) is 0 Å². The van der Waals surface area contributed by atoms with E-state index < -0.39 is 0 Å². The topological polar surface area (TPSA) is 36.7 Å². The summed E-state index contributed by atoms with van der Waals surface area (Å²) in [5, 5.41) is 8.99. The molecule has 0 N–H and O–H groups in total. The lowest BCUT2D eigenvalue weighted by atomic mass is 10.1. The molecule has 0 unspecified atom stereocenters. The zero-order valence-electron chi connectivity index (χ0n) is 8.07.